The highest BCUT2D eigenvalue weighted by Gasteiger charge is 2.16. The largest absolute Gasteiger partial charge is 0.387 e. The topological polar surface area (TPSA) is 135 Å². The number of hydrogen-bond acceptors (Lipinski definition) is 6. The van der Waals surface area contributed by atoms with Crippen LogP contribution in [0.1, 0.15) is 11.1 Å². The lowest BCUT2D eigenvalue weighted by atomic mass is 10.0. The van der Waals surface area contributed by atoms with E-state index in [2.05, 4.69) is 32.0 Å². The van der Waals surface area contributed by atoms with Crippen LogP contribution in [0.25, 0.3) is 11.1 Å². The highest BCUT2D eigenvalue weighted by Crippen LogP contribution is 2.27. The van der Waals surface area contributed by atoms with E-state index in [1.54, 1.807) is 31.3 Å². The zero-order chi connectivity index (χ0) is 21.7. The lowest BCUT2D eigenvalue weighted by Crippen LogP contribution is -2.17. The number of nitrogens with two attached hydrogens (primary N) is 1. The normalized spacial score (nSPS) is 10.9. The van der Waals surface area contributed by atoms with Crippen molar-refractivity contribution in [1.82, 2.24) is 4.98 Å². The number of nitriles is 1. The van der Waals surface area contributed by atoms with Crippen LogP contribution in [-0.2, 0) is 0 Å². The van der Waals surface area contributed by atoms with Crippen LogP contribution in [0.15, 0.2) is 59.0 Å². The van der Waals surface area contributed by atoms with E-state index in [1.807, 2.05) is 0 Å². The molecule has 0 saturated heterocycles. The summed E-state index contributed by atoms with van der Waals surface area (Å²) in [5.41, 5.74) is 15.4. The standard InChI is InChI=1S/C20H16F2N8/c1-26-16-6-5-11(7-12(16)9-23)13-8-14(19(24)27-10-13)20(29-30-25)28-17-4-2-3-15(21)18(17)22/h2-8,10,26H,1H3,(H2,24,27)(H2,25,28,29). The van der Waals surface area contributed by atoms with Crippen molar-refractivity contribution in [3.05, 3.63) is 71.4 Å². The van der Waals surface area contributed by atoms with E-state index in [1.165, 1.54) is 18.3 Å². The summed E-state index contributed by atoms with van der Waals surface area (Å²) in [4.78, 5) is 4.13. The summed E-state index contributed by atoms with van der Waals surface area (Å²) in [6.07, 6.45) is 1.51. The van der Waals surface area contributed by atoms with Crippen molar-refractivity contribution in [3.8, 4) is 17.2 Å². The molecule has 0 bridgehead atoms. The molecule has 10 heteroatoms. The molecule has 0 fully saturated rings. The maximum absolute atomic E-state index is 14.1. The Morgan fingerprint density at radius 3 is 2.67 bits per heavy atom. The lowest BCUT2D eigenvalue weighted by molar-refractivity contribution is 0.512. The Kier molecular flexibility index (Phi) is 5.93. The van der Waals surface area contributed by atoms with Gasteiger partial charge in [-0.2, -0.15) is 10.8 Å². The first-order chi connectivity index (χ1) is 14.5. The smallest absolute Gasteiger partial charge is 0.182 e. The Balaban J connectivity index is 2.07. The van der Waals surface area contributed by atoms with Crippen molar-refractivity contribution in [1.29, 1.82) is 10.8 Å². The fourth-order valence-corrected chi connectivity index (χ4v) is 2.78. The number of amidine groups is 1. The summed E-state index contributed by atoms with van der Waals surface area (Å²) < 4.78 is 27.6. The lowest BCUT2D eigenvalue weighted by Gasteiger charge is -2.13. The number of nitrogens with one attached hydrogen (secondary N) is 3. The first kappa shape index (κ1) is 20.3. The van der Waals surface area contributed by atoms with E-state index < -0.39 is 11.6 Å². The molecule has 0 aliphatic carbocycles. The molecule has 8 nitrogen and oxygen atoms in total. The maximum atomic E-state index is 14.1. The van der Waals surface area contributed by atoms with Crippen molar-refractivity contribution in [3.63, 3.8) is 0 Å². The van der Waals surface area contributed by atoms with Crippen LogP contribution < -0.4 is 16.4 Å². The average molecular weight is 406 g/mol. The van der Waals surface area contributed by atoms with Crippen molar-refractivity contribution in [2.45, 2.75) is 0 Å². The van der Waals surface area contributed by atoms with Gasteiger partial charge in [0.05, 0.1) is 22.5 Å². The molecule has 3 rings (SSSR count). The molecule has 0 spiro atoms. The molecule has 2 aromatic carbocycles. The second kappa shape index (κ2) is 8.74. The van der Waals surface area contributed by atoms with Gasteiger partial charge >= 0.3 is 0 Å². The fourth-order valence-electron chi connectivity index (χ4n) is 2.78. The van der Waals surface area contributed by atoms with Crippen LogP contribution in [0, 0.1) is 28.5 Å². The molecule has 1 heterocycles. The van der Waals surface area contributed by atoms with E-state index in [4.69, 9.17) is 11.3 Å². The number of hydrogen-bond donors (Lipinski definition) is 4. The third kappa shape index (κ3) is 4.05. The minimum atomic E-state index is -1.11. The van der Waals surface area contributed by atoms with Crippen molar-refractivity contribution in [2.24, 2.45) is 10.3 Å². The van der Waals surface area contributed by atoms with Gasteiger partial charge in [0.25, 0.3) is 0 Å². The Labute approximate surface area is 170 Å². The van der Waals surface area contributed by atoms with Gasteiger partial charge in [-0.25, -0.2) is 13.8 Å². The molecular weight excluding hydrogens is 390 g/mol. The van der Waals surface area contributed by atoms with Crippen LogP contribution in [0.4, 0.5) is 26.0 Å². The van der Waals surface area contributed by atoms with E-state index in [9.17, 15) is 14.0 Å². The molecule has 0 aliphatic heterocycles. The first-order valence-electron chi connectivity index (χ1n) is 8.62. The summed E-state index contributed by atoms with van der Waals surface area (Å²) in [5.74, 6) is -2.21. The molecule has 150 valence electrons. The Bertz CT molecular complexity index is 1180. The van der Waals surface area contributed by atoms with E-state index in [-0.39, 0.29) is 22.9 Å². The van der Waals surface area contributed by atoms with Crippen molar-refractivity contribution < 1.29 is 8.78 Å². The van der Waals surface area contributed by atoms with Crippen molar-refractivity contribution >= 4 is 23.0 Å². The zero-order valence-electron chi connectivity index (χ0n) is 15.7. The number of nitrogen functional groups attached to an aromatic ring is 1. The van der Waals surface area contributed by atoms with Gasteiger partial charge in [-0.05, 0) is 35.9 Å². The number of nitrogens with zero attached hydrogens (tertiary/aromatic N) is 4. The summed E-state index contributed by atoms with van der Waals surface area (Å²) in [6.45, 7) is 0. The predicted octanol–water partition coefficient (Wildman–Crippen LogP) is 4.33. The Morgan fingerprint density at radius 2 is 1.97 bits per heavy atom. The van der Waals surface area contributed by atoms with Gasteiger partial charge in [0, 0.05) is 18.8 Å². The van der Waals surface area contributed by atoms with Gasteiger partial charge in [-0.1, -0.05) is 17.4 Å². The van der Waals surface area contributed by atoms with Gasteiger partial charge in [0.15, 0.2) is 17.5 Å². The first-order valence-corrected chi connectivity index (χ1v) is 8.62. The molecule has 1 aromatic heterocycles. The molecule has 0 aliphatic rings. The fraction of sp³-hybridized carbons (Fsp3) is 0.0500. The van der Waals surface area contributed by atoms with Crippen LogP contribution >= 0.6 is 0 Å². The van der Waals surface area contributed by atoms with E-state index >= 15 is 0 Å². The van der Waals surface area contributed by atoms with Gasteiger partial charge in [-0.15, -0.1) is 5.10 Å². The minimum absolute atomic E-state index is 0.0396. The molecule has 3 aromatic rings. The molecule has 0 radical (unpaired) electrons. The Morgan fingerprint density at radius 1 is 1.17 bits per heavy atom. The molecular formula is C20H16F2N8. The van der Waals surface area contributed by atoms with Gasteiger partial charge < -0.3 is 16.4 Å². The number of benzene rings is 2. The van der Waals surface area contributed by atoms with Crippen molar-refractivity contribution in [2.75, 3.05) is 23.4 Å². The quantitative estimate of drug-likeness (QED) is 0.216. The highest BCUT2D eigenvalue weighted by atomic mass is 19.2. The van der Waals surface area contributed by atoms with Crippen LogP contribution in [0.3, 0.4) is 0 Å². The van der Waals surface area contributed by atoms with Gasteiger partial charge in [-0.3, -0.25) is 0 Å². The summed E-state index contributed by atoms with van der Waals surface area (Å²) >= 11 is 0. The third-order valence-corrected chi connectivity index (χ3v) is 4.27. The number of halogens is 2. The molecule has 0 saturated carbocycles. The zero-order valence-corrected chi connectivity index (χ0v) is 15.7. The SMILES string of the molecule is CNc1ccc(-c2cnc(N)c(/C(=N/N=N)Nc3cccc(F)c3F)c2)cc1C#N. The van der Waals surface area contributed by atoms with E-state index in [0.29, 0.717) is 22.4 Å². The summed E-state index contributed by atoms with van der Waals surface area (Å²) in [6, 6.07) is 12.5. The third-order valence-electron chi connectivity index (χ3n) is 4.27. The van der Waals surface area contributed by atoms with Crippen LogP contribution in [0.2, 0.25) is 0 Å². The predicted molar refractivity (Wildman–Crippen MR) is 110 cm³/mol. The second-order valence-electron chi connectivity index (χ2n) is 6.05. The monoisotopic (exact) mass is 406 g/mol. The molecule has 30 heavy (non-hydrogen) atoms. The van der Waals surface area contributed by atoms with Crippen LogP contribution in [-0.4, -0.2) is 17.9 Å². The number of anilines is 3. The second-order valence-corrected chi connectivity index (χ2v) is 6.05. The summed E-state index contributed by atoms with van der Waals surface area (Å²) in [5, 5.41) is 21.5. The number of pyridine rings is 1. The molecule has 0 atom stereocenters. The van der Waals surface area contributed by atoms with Gasteiger partial charge in [0.2, 0.25) is 0 Å². The molecule has 0 amide bonds. The highest BCUT2D eigenvalue weighted by molar-refractivity contribution is 6.11. The molecule has 5 N–H and O–H groups in total. The number of rotatable bonds is 5. The van der Waals surface area contributed by atoms with Crippen LogP contribution in [0.5, 0.6) is 0 Å². The maximum Gasteiger partial charge on any atom is 0.182 e. The average Bonchev–Trinajstić information content (AvgIpc) is 2.76. The Hall–Kier alpha value is -4.39. The molecule has 0 unspecified atom stereocenters. The number of aromatic nitrogens is 1. The van der Waals surface area contributed by atoms with E-state index in [0.717, 1.165) is 6.07 Å². The summed E-state index contributed by atoms with van der Waals surface area (Å²) in [7, 11) is 1.71. The minimum Gasteiger partial charge on any atom is -0.387 e. The van der Waals surface area contributed by atoms with Gasteiger partial charge in [0.1, 0.15) is 11.9 Å².